The minimum atomic E-state index is -0.152. The number of phenols is 1. The van der Waals surface area contributed by atoms with Crippen molar-refractivity contribution in [2.75, 3.05) is 12.0 Å². The van der Waals surface area contributed by atoms with Gasteiger partial charge < -0.3 is 9.84 Å². The smallest absolute Gasteiger partial charge is 0.270 e. The topological polar surface area (TPSA) is 49.8 Å². The molecule has 1 saturated heterocycles. The molecule has 1 fully saturated rings. The predicted octanol–water partition coefficient (Wildman–Crippen LogP) is 4.12. The molecule has 0 aliphatic carbocycles. The van der Waals surface area contributed by atoms with Crippen molar-refractivity contribution in [3.05, 3.63) is 58.5 Å². The quantitative estimate of drug-likeness (QED) is 0.662. The van der Waals surface area contributed by atoms with E-state index in [9.17, 15) is 9.90 Å². The molecule has 122 valence electrons. The van der Waals surface area contributed by atoms with Gasteiger partial charge in [-0.2, -0.15) is 0 Å². The van der Waals surface area contributed by atoms with Crippen LogP contribution in [0.5, 0.6) is 11.5 Å². The lowest BCUT2D eigenvalue weighted by atomic mass is 10.1. The molecule has 0 aromatic heterocycles. The molecule has 1 aliphatic heterocycles. The Morgan fingerprint density at radius 3 is 2.58 bits per heavy atom. The van der Waals surface area contributed by atoms with Gasteiger partial charge in [0.25, 0.3) is 5.91 Å². The second-order valence-corrected chi connectivity index (χ2v) is 6.96. The van der Waals surface area contributed by atoms with Crippen molar-refractivity contribution in [2.45, 2.75) is 6.92 Å². The van der Waals surface area contributed by atoms with Gasteiger partial charge in [0, 0.05) is 0 Å². The van der Waals surface area contributed by atoms with Gasteiger partial charge in [-0.25, -0.2) is 0 Å². The molecule has 1 N–H and O–H groups in total. The number of aryl methyl sites for hydroxylation is 1. The van der Waals surface area contributed by atoms with Crippen LogP contribution in [-0.4, -0.2) is 22.4 Å². The van der Waals surface area contributed by atoms with E-state index in [1.165, 1.54) is 29.8 Å². The molecule has 1 amide bonds. The fraction of sp³-hybridized carbons (Fsp3) is 0.111. The van der Waals surface area contributed by atoms with Crippen molar-refractivity contribution >= 4 is 46.0 Å². The highest BCUT2D eigenvalue weighted by molar-refractivity contribution is 8.27. The minimum absolute atomic E-state index is 0.0573. The van der Waals surface area contributed by atoms with E-state index in [-0.39, 0.29) is 11.7 Å². The zero-order valence-electron chi connectivity index (χ0n) is 13.1. The highest BCUT2D eigenvalue weighted by atomic mass is 32.2. The number of anilines is 1. The van der Waals surface area contributed by atoms with Crippen molar-refractivity contribution < 1.29 is 14.6 Å². The van der Waals surface area contributed by atoms with Gasteiger partial charge in [0.15, 0.2) is 15.8 Å². The average Bonchev–Trinajstić information content (AvgIpc) is 2.84. The van der Waals surface area contributed by atoms with E-state index in [0.717, 1.165) is 16.8 Å². The molecule has 0 unspecified atom stereocenters. The molecular formula is C18H15NO3S2. The fourth-order valence-corrected chi connectivity index (χ4v) is 3.62. The Morgan fingerprint density at radius 1 is 1.21 bits per heavy atom. The number of rotatable bonds is 3. The number of nitrogens with zero attached hydrogens (tertiary/aromatic N) is 1. The molecule has 2 aromatic rings. The number of aromatic hydroxyl groups is 1. The van der Waals surface area contributed by atoms with E-state index in [0.29, 0.717) is 15.0 Å². The number of carbonyl (C=O) groups is 1. The van der Waals surface area contributed by atoms with E-state index in [4.69, 9.17) is 17.0 Å². The Kier molecular flexibility index (Phi) is 4.59. The summed E-state index contributed by atoms with van der Waals surface area (Å²) < 4.78 is 5.59. The van der Waals surface area contributed by atoms with Crippen molar-refractivity contribution in [2.24, 2.45) is 0 Å². The van der Waals surface area contributed by atoms with Crippen molar-refractivity contribution in [3.8, 4) is 11.5 Å². The number of amides is 1. The van der Waals surface area contributed by atoms with Gasteiger partial charge in [-0.3, -0.25) is 9.69 Å². The number of hydrogen-bond donors (Lipinski definition) is 1. The molecular weight excluding hydrogens is 342 g/mol. The average molecular weight is 357 g/mol. The van der Waals surface area contributed by atoms with Crippen LogP contribution in [0.25, 0.3) is 6.08 Å². The molecule has 4 nitrogen and oxygen atoms in total. The SMILES string of the molecule is COc1cc(C=C2SC(=S)N(c3ccc(C)cc3)C2=O)ccc1O. The zero-order chi connectivity index (χ0) is 17.3. The summed E-state index contributed by atoms with van der Waals surface area (Å²) in [4.78, 5) is 14.8. The highest BCUT2D eigenvalue weighted by Gasteiger charge is 2.33. The van der Waals surface area contributed by atoms with Crippen LogP contribution in [0.1, 0.15) is 11.1 Å². The van der Waals surface area contributed by atoms with Gasteiger partial charge in [0.05, 0.1) is 17.7 Å². The summed E-state index contributed by atoms with van der Waals surface area (Å²) in [7, 11) is 1.48. The highest BCUT2D eigenvalue weighted by Crippen LogP contribution is 2.37. The summed E-state index contributed by atoms with van der Waals surface area (Å²) in [5.41, 5.74) is 2.64. The Morgan fingerprint density at radius 2 is 1.92 bits per heavy atom. The Hall–Kier alpha value is -2.31. The lowest BCUT2D eigenvalue weighted by molar-refractivity contribution is -0.113. The van der Waals surface area contributed by atoms with Crippen LogP contribution in [0.3, 0.4) is 0 Å². The maximum absolute atomic E-state index is 12.7. The molecule has 1 heterocycles. The minimum Gasteiger partial charge on any atom is -0.504 e. The fourth-order valence-electron chi connectivity index (χ4n) is 2.32. The predicted molar refractivity (Wildman–Crippen MR) is 101 cm³/mol. The summed E-state index contributed by atoms with van der Waals surface area (Å²) in [5, 5.41) is 9.66. The van der Waals surface area contributed by atoms with Gasteiger partial charge >= 0.3 is 0 Å². The van der Waals surface area contributed by atoms with E-state index in [2.05, 4.69) is 0 Å². The van der Waals surface area contributed by atoms with Crippen LogP contribution >= 0.6 is 24.0 Å². The molecule has 0 atom stereocenters. The third-order valence-corrected chi connectivity index (χ3v) is 4.89. The summed E-state index contributed by atoms with van der Waals surface area (Å²) >= 11 is 6.62. The lowest BCUT2D eigenvalue weighted by Crippen LogP contribution is -2.27. The number of thioether (sulfide) groups is 1. The van der Waals surface area contributed by atoms with Crippen LogP contribution in [0.2, 0.25) is 0 Å². The van der Waals surface area contributed by atoms with Crippen LogP contribution in [0.4, 0.5) is 5.69 Å². The Bertz CT molecular complexity index is 844. The standard InChI is InChI=1S/C18H15NO3S2/c1-11-3-6-13(7-4-11)19-17(21)16(24-18(19)23)10-12-5-8-14(20)15(9-12)22-2/h3-10,20H,1-2H3. The molecule has 0 bridgehead atoms. The first-order valence-electron chi connectivity index (χ1n) is 7.21. The third-order valence-electron chi connectivity index (χ3n) is 3.59. The number of thiocarbonyl (C=S) groups is 1. The summed E-state index contributed by atoms with van der Waals surface area (Å²) in [6.45, 7) is 1.99. The monoisotopic (exact) mass is 357 g/mol. The van der Waals surface area contributed by atoms with Crippen LogP contribution in [-0.2, 0) is 4.79 Å². The lowest BCUT2D eigenvalue weighted by Gasteiger charge is -2.14. The van der Waals surface area contributed by atoms with Gasteiger partial charge in [-0.15, -0.1) is 0 Å². The Balaban J connectivity index is 1.92. The number of benzene rings is 2. The van der Waals surface area contributed by atoms with E-state index in [1.807, 2.05) is 31.2 Å². The molecule has 2 aromatic carbocycles. The number of carbonyl (C=O) groups excluding carboxylic acids is 1. The summed E-state index contributed by atoms with van der Waals surface area (Å²) in [6.07, 6.45) is 1.75. The van der Waals surface area contributed by atoms with E-state index < -0.39 is 0 Å². The van der Waals surface area contributed by atoms with Gasteiger partial charge in [-0.1, -0.05) is 47.7 Å². The molecule has 3 rings (SSSR count). The van der Waals surface area contributed by atoms with E-state index in [1.54, 1.807) is 18.2 Å². The maximum Gasteiger partial charge on any atom is 0.270 e. The first kappa shape index (κ1) is 16.5. The van der Waals surface area contributed by atoms with Gasteiger partial charge in [0.1, 0.15) is 0 Å². The third kappa shape index (κ3) is 3.16. The normalized spacial score (nSPS) is 16.1. The van der Waals surface area contributed by atoms with Crippen LogP contribution < -0.4 is 9.64 Å². The zero-order valence-corrected chi connectivity index (χ0v) is 14.8. The molecule has 0 spiro atoms. The molecule has 6 heteroatoms. The number of ether oxygens (including phenoxy) is 1. The maximum atomic E-state index is 12.7. The van der Waals surface area contributed by atoms with Crippen molar-refractivity contribution in [1.82, 2.24) is 0 Å². The van der Waals surface area contributed by atoms with E-state index >= 15 is 0 Å². The van der Waals surface area contributed by atoms with Gasteiger partial charge in [0.2, 0.25) is 0 Å². The largest absolute Gasteiger partial charge is 0.504 e. The first-order valence-corrected chi connectivity index (χ1v) is 8.43. The van der Waals surface area contributed by atoms with Crippen molar-refractivity contribution in [1.29, 1.82) is 0 Å². The second-order valence-electron chi connectivity index (χ2n) is 5.28. The molecule has 24 heavy (non-hydrogen) atoms. The van der Waals surface area contributed by atoms with Gasteiger partial charge in [-0.05, 0) is 42.8 Å². The second kappa shape index (κ2) is 6.67. The van der Waals surface area contributed by atoms with Crippen LogP contribution in [0, 0.1) is 6.92 Å². The van der Waals surface area contributed by atoms with Crippen LogP contribution in [0.15, 0.2) is 47.4 Å². The van der Waals surface area contributed by atoms with Crippen molar-refractivity contribution in [3.63, 3.8) is 0 Å². The first-order chi connectivity index (χ1) is 11.5. The molecule has 0 radical (unpaired) electrons. The molecule has 1 aliphatic rings. The summed E-state index contributed by atoms with van der Waals surface area (Å²) in [6, 6.07) is 12.6. The number of methoxy groups -OCH3 is 1. The number of phenolic OH excluding ortho intramolecular Hbond substituents is 1. The Labute approximate surface area is 149 Å². The molecule has 0 saturated carbocycles. The number of hydrogen-bond acceptors (Lipinski definition) is 5. The summed E-state index contributed by atoms with van der Waals surface area (Å²) in [5.74, 6) is 0.264.